The molecule has 4 unspecified atom stereocenters. The van der Waals surface area contributed by atoms with E-state index in [0.717, 1.165) is 78.3 Å². The highest BCUT2D eigenvalue weighted by molar-refractivity contribution is 5.86. The third-order valence-corrected chi connectivity index (χ3v) is 13.3. The van der Waals surface area contributed by atoms with Crippen molar-refractivity contribution < 1.29 is 20.4 Å². The fourth-order valence-electron chi connectivity index (χ4n) is 9.56. The van der Waals surface area contributed by atoms with Gasteiger partial charge in [-0.15, -0.1) is 0 Å². The van der Waals surface area contributed by atoms with Gasteiger partial charge in [-0.2, -0.15) is 0 Å². The van der Waals surface area contributed by atoms with Crippen LogP contribution in [0.3, 0.4) is 0 Å². The predicted octanol–water partition coefficient (Wildman–Crippen LogP) is 14.7. The van der Waals surface area contributed by atoms with E-state index in [1.165, 1.54) is 29.2 Å². The second-order valence-corrected chi connectivity index (χ2v) is 18.1. The number of unbranched alkanes of at least 4 members (excludes halogenated alkanes) is 3. The largest absolute Gasteiger partial charge is 0.508 e. The van der Waals surface area contributed by atoms with Crippen LogP contribution in [0.15, 0.2) is 127 Å². The fraction of sp³-hybridized carbons (Fsp3) is 0.382. The van der Waals surface area contributed by atoms with Crippen molar-refractivity contribution in [1.82, 2.24) is 0 Å². The van der Waals surface area contributed by atoms with Crippen LogP contribution in [-0.2, 0) is 12.8 Å². The van der Waals surface area contributed by atoms with Crippen molar-refractivity contribution in [3.8, 4) is 23.0 Å². The van der Waals surface area contributed by atoms with E-state index in [1.807, 2.05) is 48.5 Å². The normalized spacial score (nSPS) is 14.5. The summed E-state index contributed by atoms with van der Waals surface area (Å²) < 4.78 is 0. The minimum atomic E-state index is -0.247. The quantitative estimate of drug-likeness (QED) is 0.0616. The van der Waals surface area contributed by atoms with Crippen LogP contribution in [0.4, 0.5) is 0 Å². The molecule has 59 heavy (non-hydrogen) atoms. The molecule has 310 valence electrons. The zero-order valence-corrected chi connectivity index (χ0v) is 36.2. The Morgan fingerprint density at radius 3 is 1.61 bits per heavy atom. The van der Waals surface area contributed by atoms with Crippen molar-refractivity contribution in [1.29, 1.82) is 0 Å². The summed E-state index contributed by atoms with van der Waals surface area (Å²) in [6, 6.07) is 42.5. The highest BCUT2D eigenvalue weighted by atomic mass is 16.3. The first-order chi connectivity index (χ1) is 28.4. The second-order valence-electron chi connectivity index (χ2n) is 18.1. The molecule has 4 heteroatoms. The highest BCUT2D eigenvalue weighted by Crippen LogP contribution is 2.50. The molecule has 0 radical (unpaired) electrons. The van der Waals surface area contributed by atoms with Crippen LogP contribution in [0.2, 0.25) is 0 Å². The van der Waals surface area contributed by atoms with Crippen LogP contribution in [0, 0.1) is 10.8 Å². The third-order valence-electron chi connectivity index (χ3n) is 13.3. The van der Waals surface area contributed by atoms with E-state index in [4.69, 9.17) is 0 Å². The van der Waals surface area contributed by atoms with Gasteiger partial charge in [0, 0.05) is 11.8 Å². The number of hydrogen-bond donors (Lipinski definition) is 4. The van der Waals surface area contributed by atoms with Gasteiger partial charge in [-0.25, -0.2) is 0 Å². The van der Waals surface area contributed by atoms with Crippen molar-refractivity contribution in [3.63, 3.8) is 0 Å². The van der Waals surface area contributed by atoms with E-state index >= 15 is 0 Å². The number of hydrogen-bond acceptors (Lipinski definition) is 4. The molecule has 0 saturated carbocycles. The Morgan fingerprint density at radius 2 is 1.03 bits per heavy atom. The minimum Gasteiger partial charge on any atom is -0.508 e. The average Bonchev–Trinajstić information content (AvgIpc) is 3.23. The Balaban J connectivity index is 1.52. The maximum atomic E-state index is 11.8. The Bertz CT molecular complexity index is 2270. The number of rotatable bonds is 19. The van der Waals surface area contributed by atoms with Gasteiger partial charge in [0.2, 0.25) is 0 Å². The standard InChI is InChI=1S/C55H66O4/c1-7-10-14-32-54(4,5)37-44-35-42(25-31-51(44)59)53(40-22-28-46(57)29-23-40)52(39-20-26-45(56)27-21-39)41-24-30-50(58)43(34-41)36-49(55(6,9-3)33-11-8-2)48-19-15-17-38-16-12-13-18-47(38)48/h12-13,15-31,34-35,49,52-53,56-59H,7-11,14,32-33,36-37H2,1-6H3. The van der Waals surface area contributed by atoms with Gasteiger partial charge in [0.25, 0.3) is 0 Å². The van der Waals surface area contributed by atoms with E-state index in [2.05, 4.69) is 96.1 Å². The average molecular weight is 791 g/mol. The molecule has 0 saturated heterocycles. The molecule has 0 aliphatic carbocycles. The van der Waals surface area contributed by atoms with E-state index < -0.39 is 0 Å². The number of phenolic OH excluding ortho intramolecular Hbond substituents is 4. The summed E-state index contributed by atoms with van der Waals surface area (Å²) in [4.78, 5) is 0. The zero-order valence-electron chi connectivity index (χ0n) is 36.2. The molecule has 6 rings (SSSR count). The van der Waals surface area contributed by atoms with Crippen molar-refractivity contribution in [2.75, 3.05) is 0 Å². The van der Waals surface area contributed by atoms with Crippen molar-refractivity contribution >= 4 is 10.8 Å². The molecule has 0 fully saturated rings. The van der Waals surface area contributed by atoms with Gasteiger partial charge >= 0.3 is 0 Å². The molecular formula is C55H66O4. The van der Waals surface area contributed by atoms with Crippen LogP contribution >= 0.6 is 0 Å². The topological polar surface area (TPSA) is 80.9 Å². The third kappa shape index (κ3) is 10.3. The summed E-state index contributed by atoms with van der Waals surface area (Å²) in [7, 11) is 0. The summed E-state index contributed by atoms with van der Waals surface area (Å²) in [5.74, 6) is 0.643. The van der Waals surface area contributed by atoms with Crippen LogP contribution in [0.25, 0.3) is 10.8 Å². The number of benzene rings is 6. The lowest BCUT2D eigenvalue weighted by molar-refractivity contribution is 0.212. The van der Waals surface area contributed by atoms with E-state index in [-0.39, 0.29) is 45.8 Å². The molecule has 0 amide bonds. The maximum absolute atomic E-state index is 11.8. The van der Waals surface area contributed by atoms with Crippen molar-refractivity contribution in [2.45, 2.75) is 124 Å². The number of phenols is 4. The summed E-state index contributed by atoms with van der Waals surface area (Å²) in [6.07, 6.45) is 10.4. The van der Waals surface area contributed by atoms with Crippen molar-refractivity contribution in [3.05, 3.63) is 166 Å². The van der Waals surface area contributed by atoms with E-state index in [9.17, 15) is 20.4 Å². The van der Waals surface area contributed by atoms with Gasteiger partial charge in [-0.3, -0.25) is 0 Å². The van der Waals surface area contributed by atoms with E-state index in [1.54, 1.807) is 24.3 Å². The first-order valence-corrected chi connectivity index (χ1v) is 22.1. The molecule has 6 aromatic carbocycles. The summed E-state index contributed by atoms with van der Waals surface area (Å²) >= 11 is 0. The Labute approximate surface area is 353 Å². The number of aromatic hydroxyl groups is 4. The van der Waals surface area contributed by atoms with Gasteiger partial charge < -0.3 is 20.4 Å². The molecule has 0 aliphatic rings. The van der Waals surface area contributed by atoms with Crippen LogP contribution < -0.4 is 0 Å². The molecule has 6 aromatic rings. The molecule has 0 bridgehead atoms. The molecule has 4 nitrogen and oxygen atoms in total. The van der Waals surface area contributed by atoms with Gasteiger partial charge in [-0.05, 0) is 129 Å². The lowest BCUT2D eigenvalue weighted by atomic mass is 9.65. The summed E-state index contributed by atoms with van der Waals surface area (Å²) in [5, 5.41) is 46.6. The molecule has 4 N–H and O–H groups in total. The predicted molar refractivity (Wildman–Crippen MR) is 246 cm³/mol. The number of fused-ring (bicyclic) bond motifs is 1. The Hall–Kier alpha value is -5.22. The van der Waals surface area contributed by atoms with Crippen LogP contribution in [0.5, 0.6) is 23.0 Å². The molecule has 0 heterocycles. The lowest BCUT2D eigenvalue weighted by Gasteiger charge is -2.39. The molecule has 0 spiro atoms. The molecular weight excluding hydrogens is 725 g/mol. The van der Waals surface area contributed by atoms with Crippen molar-refractivity contribution in [2.24, 2.45) is 10.8 Å². The van der Waals surface area contributed by atoms with Gasteiger partial charge in [0.1, 0.15) is 23.0 Å². The Kier molecular flexibility index (Phi) is 14.1. The van der Waals surface area contributed by atoms with Crippen LogP contribution in [-0.4, -0.2) is 20.4 Å². The lowest BCUT2D eigenvalue weighted by Crippen LogP contribution is -2.27. The minimum absolute atomic E-state index is 0.00621. The SMILES string of the molecule is CCCCCC(C)(C)Cc1cc(C(c2ccc(O)cc2)C(c2ccc(O)cc2)c2ccc(O)c(CC(c3cccc4ccccc34)C(C)(CC)CCCC)c2)ccc1O. The second kappa shape index (κ2) is 19.2. The Morgan fingerprint density at radius 1 is 0.508 bits per heavy atom. The molecule has 0 aromatic heterocycles. The van der Waals surface area contributed by atoms with Gasteiger partial charge in [-0.1, -0.05) is 171 Å². The summed E-state index contributed by atoms with van der Waals surface area (Å²) in [5.41, 5.74) is 7.26. The smallest absolute Gasteiger partial charge is 0.118 e. The summed E-state index contributed by atoms with van der Waals surface area (Å²) in [6.45, 7) is 13.8. The van der Waals surface area contributed by atoms with Gasteiger partial charge in [0.15, 0.2) is 0 Å². The zero-order chi connectivity index (χ0) is 42.2. The first-order valence-electron chi connectivity index (χ1n) is 22.1. The van der Waals surface area contributed by atoms with Gasteiger partial charge in [0.05, 0.1) is 0 Å². The maximum Gasteiger partial charge on any atom is 0.118 e. The molecule has 0 aliphatic heterocycles. The van der Waals surface area contributed by atoms with E-state index in [0.29, 0.717) is 12.2 Å². The monoisotopic (exact) mass is 790 g/mol. The first kappa shape index (κ1) is 43.4. The fourth-order valence-corrected chi connectivity index (χ4v) is 9.56. The van der Waals surface area contributed by atoms with Crippen LogP contribution in [0.1, 0.15) is 150 Å². The highest BCUT2D eigenvalue weighted by Gasteiger charge is 2.36. The molecule has 4 atom stereocenters.